The number of carbonyl (C=O) groups is 1. The molecule has 0 spiro atoms. The zero-order chi connectivity index (χ0) is 15.2. The van der Waals surface area contributed by atoms with E-state index < -0.39 is 0 Å². The number of anilines is 1. The summed E-state index contributed by atoms with van der Waals surface area (Å²) in [7, 11) is 0. The molecule has 0 aliphatic carbocycles. The molecule has 1 amide bonds. The highest BCUT2D eigenvalue weighted by atomic mass is 35.5. The van der Waals surface area contributed by atoms with E-state index in [-0.39, 0.29) is 12.5 Å². The van der Waals surface area contributed by atoms with Gasteiger partial charge >= 0.3 is 0 Å². The molecule has 0 aliphatic heterocycles. The van der Waals surface area contributed by atoms with Crippen molar-refractivity contribution in [3.8, 4) is 11.8 Å². The SMILES string of the molecule is Cc1ncc(C(=O)Nc2ccc(Cl)cc2C#CCCO)s1. The van der Waals surface area contributed by atoms with Crippen LogP contribution in [0.1, 0.15) is 26.7 Å². The van der Waals surface area contributed by atoms with E-state index in [4.69, 9.17) is 16.7 Å². The number of aromatic nitrogens is 1. The quantitative estimate of drug-likeness (QED) is 0.854. The molecule has 2 aromatic rings. The fourth-order valence-corrected chi connectivity index (χ4v) is 2.44. The molecule has 0 saturated carbocycles. The van der Waals surface area contributed by atoms with Crippen LogP contribution in [-0.2, 0) is 0 Å². The highest BCUT2D eigenvalue weighted by molar-refractivity contribution is 7.13. The highest BCUT2D eigenvalue weighted by Gasteiger charge is 2.11. The van der Waals surface area contributed by atoms with Gasteiger partial charge in [-0.1, -0.05) is 23.4 Å². The minimum Gasteiger partial charge on any atom is -0.395 e. The molecular weight excluding hydrogens is 308 g/mol. The maximum Gasteiger partial charge on any atom is 0.267 e. The van der Waals surface area contributed by atoms with Gasteiger partial charge in [-0.3, -0.25) is 4.79 Å². The summed E-state index contributed by atoms with van der Waals surface area (Å²) in [6.07, 6.45) is 1.91. The molecule has 1 heterocycles. The molecular formula is C15H13ClN2O2S. The Labute approximate surface area is 131 Å². The van der Waals surface area contributed by atoms with E-state index in [2.05, 4.69) is 22.1 Å². The Hall–Kier alpha value is -1.87. The number of amides is 1. The number of aliphatic hydroxyl groups is 1. The number of halogens is 1. The minimum atomic E-state index is -0.229. The first-order valence-corrected chi connectivity index (χ1v) is 7.42. The average molecular weight is 321 g/mol. The van der Waals surface area contributed by atoms with Crippen molar-refractivity contribution >= 4 is 34.5 Å². The lowest BCUT2D eigenvalue weighted by molar-refractivity contribution is 0.103. The van der Waals surface area contributed by atoms with E-state index in [1.807, 2.05) is 6.92 Å². The first-order valence-electron chi connectivity index (χ1n) is 6.23. The summed E-state index contributed by atoms with van der Waals surface area (Å²) >= 11 is 7.28. The molecule has 1 aromatic carbocycles. The first-order chi connectivity index (χ1) is 10.1. The summed E-state index contributed by atoms with van der Waals surface area (Å²) in [5.41, 5.74) is 1.20. The predicted octanol–water partition coefficient (Wildman–Crippen LogP) is 3.09. The third-order valence-electron chi connectivity index (χ3n) is 2.53. The first kappa shape index (κ1) is 15.5. The summed E-state index contributed by atoms with van der Waals surface area (Å²) in [5, 5.41) is 12.9. The van der Waals surface area contributed by atoms with Crippen LogP contribution in [0.3, 0.4) is 0 Å². The standard InChI is InChI=1S/C15H13ClN2O2S/c1-10-17-9-14(21-10)15(20)18-13-6-5-12(16)8-11(13)4-2-3-7-19/h5-6,8-9,19H,3,7H2,1H3,(H,18,20). The van der Waals surface area contributed by atoms with Gasteiger partial charge in [-0.15, -0.1) is 11.3 Å². The predicted molar refractivity (Wildman–Crippen MR) is 84.8 cm³/mol. The largest absolute Gasteiger partial charge is 0.395 e. The zero-order valence-corrected chi connectivity index (χ0v) is 12.9. The topological polar surface area (TPSA) is 62.2 Å². The number of carbonyl (C=O) groups excluding carboxylic acids is 1. The van der Waals surface area contributed by atoms with Gasteiger partial charge in [0.15, 0.2) is 0 Å². The molecule has 108 valence electrons. The molecule has 0 aliphatic rings. The number of nitrogens with one attached hydrogen (secondary N) is 1. The lowest BCUT2D eigenvalue weighted by Crippen LogP contribution is -2.11. The van der Waals surface area contributed by atoms with Crippen molar-refractivity contribution in [3.63, 3.8) is 0 Å². The number of hydrogen-bond donors (Lipinski definition) is 2. The van der Waals surface area contributed by atoms with Gasteiger partial charge in [0, 0.05) is 17.0 Å². The highest BCUT2D eigenvalue weighted by Crippen LogP contribution is 2.21. The molecule has 2 N–H and O–H groups in total. The van der Waals surface area contributed by atoms with Gasteiger partial charge in [-0.25, -0.2) is 4.98 Å². The minimum absolute atomic E-state index is 0.00456. The van der Waals surface area contributed by atoms with Crippen molar-refractivity contribution in [2.75, 3.05) is 11.9 Å². The van der Waals surface area contributed by atoms with Crippen molar-refractivity contribution in [2.45, 2.75) is 13.3 Å². The summed E-state index contributed by atoms with van der Waals surface area (Å²) in [4.78, 5) is 16.7. The Morgan fingerprint density at radius 3 is 3.00 bits per heavy atom. The lowest BCUT2D eigenvalue weighted by Gasteiger charge is -2.06. The van der Waals surface area contributed by atoms with Crippen molar-refractivity contribution < 1.29 is 9.90 Å². The molecule has 0 unspecified atom stereocenters. The van der Waals surface area contributed by atoms with Crippen LogP contribution in [0.4, 0.5) is 5.69 Å². The van der Waals surface area contributed by atoms with Gasteiger partial charge in [-0.2, -0.15) is 0 Å². The van der Waals surface area contributed by atoms with E-state index in [1.165, 1.54) is 11.3 Å². The van der Waals surface area contributed by atoms with Crippen LogP contribution in [0, 0.1) is 18.8 Å². The maximum absolute atomic E-state index is 12.1. The summed E-state index contributed by atoms with van der Waals surface area (Å²) in [5.74, 6) is 5.48. The second kappa shape index (κ2) is 7.23. The van der Waals surface area contributed by atoms with Crippen LogP contribution < -0.4 is 5.32 Å². The van der Waals surface area contributed by atoms with Crippen LogP contribution in [0.25, 0.3) is 0 Å². The molecule has 0 atom stereocenters. The zero-order valence-electron chi connectivity index (χ0n) is 11.3. The molecule has 2 rings (SSSR count). The van der Waals surface area contributed by atoms with Crippen LogP contribution in [0.15, 0.2) is 24.4 Å². The molecule has 0 fully saturated rings. The van der Waals surface area contributed by atoms with Gasteiger partial charge in [0.25, 0.3) is 5.91 Å². The number of thiazole rings is 1. The third-order valence-corrected chi connectivity index (χ3v) is 3.68. The number of hydrogen-bond acceptors (Lipinski definition) is 4. The van der Waals surface area contributed by atoms with Gasteiger partial charge in [-0.05, 0) is 25.1 Å². The van der Waals surface area contributed by atoms with Gasteiger partial charge in [0.1, 0.15) is 4.88 Å². The summed E-state index contributed by atoms with van der Waals surface area (Å²) < 4.78 is 0. The molecule has 0 radical (unpaired) electrons. The van der Waals surface area contributed by atoms with Crippen LogP contribution in [0.5, 0.6) is 0 Å². The number of benzene rings is 1. The van der Waals surface area contributed by atoms with Crippen molar-refractivity contribution in [2.24, 2.45) is 0 Å². The maximum atomic E-state index is 12.1. The number of rotatable bonds is 3. The van der Waals surface area contributed by atoms with E-state index in [1.54, 1.807) is 24.4 Å². The Kier molecular flexibility index (Phi) is 5.34. The number of aliphatic hydroxyl groups excluding tert-OH is 1. The Morgan fingerprint density at radius 2 is 2.33 bits per heavy atom. The van der Waals surface area contributed by atoms with Gasteiger partial charge < -0.3 is 10.4 Å². The van der Waals surface area contributed by atoms with Crippen molar-refractivity contribution in [1.82, 2.24) is 4.98 Å². The van der Waals surface area contributed by atoms with E-state index in [0.29, 0.717) is 27.6 Å². The number of nitrogens with zero attached hydrogens (tertiary/aromatic N) is 1. The normalized spacial score (nSPS) is 9.86. The number of aryl methyl sites for hydroxylation is 1. The van der Waals surface area contributed by atoms with Crippen molar-refractivity contribution in [1.29, 1.82) is 0 Å². The second-order valence-electron chi connectivity index (χ2n) is 4.16. The van der Waals surface area contributed by atoms with Crippen LogP contribution >= 0.6 is 22.9 Å². The van der Waals surface area contributed by atoms with Gasteiger partial charge in [0.05, 0.1) is 23.5 Å². The van der Waals surface area contributed by atoms with Crippen LogP contribution in [-0.4, -0.2) is 22.6 Å². The molecule has 21 heavy (non-hydrogen) atoms. The van der Waals surface area contributed by atoms with E-state index in [0.717, 1.165) is 5.01 Å². The second-order valence-corrected chi connectivity index (χ2v) is 5.83. The molecule has 0 saturated heterocycles. The van der Waals surface area contributed by atoms with Crippen LogP contribution in [0.2, 0.25) is 5.02 Å². The summed E-state index contributed by atoms with van der Waals surface area (Å²) in [6, 6.07) is 5.07. The fraction of sp³-hybridized carbons (Fsp3) is 0.200. The molecule has 0 bridgehead atoms. The van der Waals surface area contributed by atoms with E-state index in [9.17, 15) is 4.79 Å². The van der Waals surface area contributed by atoms with Crippen molar-refractivity contribution in [3.05, 3.63) is 44.9 Å². The monoisotopic (exact) mass is 320 g/mol. The smallest absolute Gasteiger partial charge is 0.267 e. The lowest BCUT2D eigenvalue weighted by atomic mass is 10.1. The Balaban J connectivity index is 2.23. The summed E-state index contributed by atoms with van der Waals surface area (Å²) in [6.45, 7) is 1.84. The Morgan fingerprint density at radius 1 is 1.52 bits per heavy atom. The third kappa shape index (κ3) is 4.30. The Bertz CT molecular complexity index is 716. The fourth-order valence-electron chi connectivity index (χ4n) is 1.59. The van der Waals surface area contributed by atoms with E-state index >= 15 is 0 Å². The molecule has 6 heteroatoms. The van der Waals surface area contributed by atoms with Gasteiger partial charge in [0.2, 0.25) is 0 Å². The average Bonchev–Trinajstić information content (AvgIpc) is 2.88. The molecule has 4 nitrogen and oxygen atoms in total. The molecule has 1 aromatic heterocycles.